The monoisotopic (exact) mass is 124 g/mol. The normalized spacial score (nSPS) is 7.50. The van der Waals surface area contributed by atoms with Crippen LogP contribution in [0.3, 0.4) is 0 Å². The van der Waals surface area contributed by atoms with Crippen LogP contribution in [0, 0.1) is 0 Å². The standard InChI is InChI=1S/C5H4O2.Si/c6-4-5-2-1-3-7-5;/h1-4H;. The Morgan fingerprint density at radius 3 is 2.62 bits per heavy atom. The number of hydrogen-bond donors (Lipinski definition) is 0. The molecule has 0 fully saturated rings. The van der Waals surface area contributed by atoms with Crippen molar-refractivity contribution in [2.24, 2.45) is 0 Å². The highest BCUT2D eigenvalue weighted by Gasteiger charge is 1.84. The van der Waals surface area contributed by atoms with Crippen LogP contribution < -0.4 is 0 Å². The van der Waals surface area contributed by atoms with Gasteiger partial charge in [-0.05, 0) is 12.1 Å². The van der Waals surface area contributed by atoms with E-state index < -0.39 is 0 Å². The van der Waals surface area contributed by atoms with Crippen LogP contribution in [0.2, 0.25) is 0 Å². The van der Waals surface area contributed by atoms with E-state index in [0.29, 0.717) is 12.0 Å². The summed E-state index contributed by atoms with van der Waals surface area (Å²) in [6.07, 6.45) is 2.13. The summed E-state index contributed by atoms with van der Waals surface area (Å²) in [6.45, 7) is 0. The fourth-order valence-electron chi connectivity index (χ4n) is 0.358. The highest BCUT2D eigenvalue weighted by atomic mass is 28.1. The fourth-order valence-corrected chi connectivity index (χ4v) is 0.358. The zero-order chi connectivity index (χ0) is 5.11. The van der Waals surface area contributed by atoms with Crippen LogP contribution in [0.5, 0.6) is 0 Å². The van der Waals surface area contributed by atoms with Crippen molar-refractivity contribution >= 4 is 17.3 Å². The minimum Gasteiger partial charge on any atom is -0.462 e. The third kappa shape index (κ3) is 1.35. The van der Waals surface area contributed by atoms with E-state index in [1.54, 1.807) is 12.1 Å². The van der Waals surface area contributed by atoms with Crippen molar-refractivity contribution in [3.05, 3.63) is 24.2 Å². The molecule has 1 aromatic heterocycles. The number of carbonyl (C=O) groups is 1. The summed E-state index contributed by atoms with van der Waals surface area (Å²) < 4.78 is 4.61. The molecule has 8 heavy (non-hydrogen) atoms. The lowest BCUT2D eigenvalue weighted by atomic mass is 10.5. The summed E-state index contributed by atoms with van der Waals surface area (Å²) in [5.74, 6) is 0.375. The molecule has 3 heteroatoms. The third-order valence-electron chi connectivity index (χ3n) is 0.659. The molecule has 0 aromatic carbocycles. The molecule has 0 bridgehead atoms. The van der Waals surface area contributed by atoms with Crippen molar-refractivity contribution in [1.82, 2.24) is 0 Å². The Morgan fingerprint density at radius 2 is 2.38 bits per heavy atom. The Morgan fingerprint density at radius 1 is 1.62 bits per heavy atom. The van der Waals surface area contributed by atoms with Gasteiger partial charge in [0.15, 0.2) is 12.0 Å². The van der Waals surface area contributed by atoms with Crippen LogP contribution in [0.25, 0.3) is 0 Å². The van der Waals surface area contributed by atoms with Gasteiger partial charge in [-0.25, -0.2) is 0 Å². The predicted octanol–water partition coefficient (Wildman–Crippen LogP) is 0.711. The summed E-state index contributed by atoms with van der Waals surface area (Å²) in [7, 11) is 0. The molecule has 2 nitrogen and oxygen atoms in total. The van der Waals surface area contributed by atoms with Gasteiger partial charge in [0.1, 0.15) is 0 Å². The number of hydrogen-bond acceptors (Lipinski definition) is 2. The minimum absolute atomic E-state index is 0. The van der Waals surface area contributed by atoms with Gasteiger partial charge < -0.3 is 4.42 Å². The van der Waals surface area contributed by atoms with Crippen LogP contribution in [0.15, 0.2) is 22.8 Å². The van der Waals surface area contributed by atoms with Gasteiger partial charge in [-0.3, -0.25) is 4.79 Å². The molecular weight excluding hydrogens is 120 g/mol. The van der Waals surface area contributed by atoms with Crippen LogP contribution in [0.4, 0.5) is 0 Å². The van der Waals surface area contributed by atoms with Crippen LogP contribution in [-0.2, 0) is 0 Å². The molecule has 40 valence electrons. The van der Waals surface area contributed by atoms with Crippen molar-refractivity contribution in [3.8, 4) is 0 Å². The summed E-state index contributed by atoms with van der Waals surface area (Å²) >= 11 is 0. The minimum atomic E-state index is 0. The molecule has 1 rings (SSSR count). The second-order valence-corrected chi connectivity index (χ2v) is 1.13. The zero-order valence-electron chi connectivity index (χ0n) is 4.13. The van der Waals surface area contributed by atoms with Gasteiger partial charge in [0.05, 0.1) is 6.26 Å². The molecule has 0 aliphatic carbocycles. The van der Waals surface area contributed by atoms with E-state index in [2.05, 4.69) is 4.42 Å². The first-order valence-corrected chi connectivity index (χ1v) is 1.92. The van der Waals surface area contributed by atoms with Gasteiger partial charge in [0.2, 0.25) is 0 Å². The second kappa shape index (κ2) is 3.21. The van der Waals surface area contributed by atoms with E-state index in [1.165, 1.54) is 6.26 Å². The number of rotatable bonds is 1. The van der Waals surface area contributed by atoms with Gasteiger partial charge in [-0.1, -0.05) is 0 Å². The average molecular weight is 124 g/mol. The Bertz CT molecular complexity index is 145. The van der Waals surface area contributed by atoms with Crippen LogP contribution in [-0.4, -0.2) is 17.3 Å². The number of carbonyl (C=O) groups excluding carboxylic acids is 1. The highest BCUT2D eigenvalue weighted by molar-refractivity contribution is 5.75. The second-order valence-electron chi connectivity index (χ2n) is 1.13. The van der Waals surface area contributed by atoms with Crippen molar-refractivity contribution in [2.45, 2.75) is 0 Å². The van der Waals surface area contributed by atoms with E-state index in [-0.39, 0.29) is 11.0 Å². The van der Waals surface area contributed by atoms with E-state index in [9.17, 15) is 4.79 Å². The van der Waals surface area contributed by atoms with Gasteiger partial charge in [-0.2, -0.15) is 0 Å². The number of aldehydes is 1. The van der Waals surface area contributed by atoms with E-state index in [0.717, 1.165) is 0 Å². The first-order valence-electron chi connectivity index (χ1n) is 1.92. The Labute approximate surface area is 51.5 Å². The third-order valence-corrected chi connectivity index (χ3v) is 0.659. The Hall–Kier alpha value is -0.833. The molecule has 0 saturated carbocycles. The molecule has 0 N–H and O–H groups in total. The molecule has 0 amide bonds. The van der Waals surface area contributed by atoms with Crippen LogP contribution >= 0.6 is 0 Å². The Balaban J connectivity index is 0.000000490. The smallest absolute Gasteiger partial charge is 0.185 e. The predicted molar refractivity (Wildman–Crippen MR) is 29.8 cm³/mol. The van der Waals surface area contributed by atoms with Crippen LogP contribution in [0.1, 0.15) is 10.6 Å². The summed E-state index contributed by atoms with van der Waals surface area (Å²) in [5.41, 5.74) is 0. The van der Waals surface area contributed by atoms with Crippen molar-refractivity contribution in [1.29, 1.82) is 0 Å². The zero-order valence-corrected chi connectivity index (χ0v) is 5.13. The molecule has 4 radical (unpaired) electrons. The Kier molecular flexibility index (Phi) is 2.87. The van der Waals surface area contributed by atoms with Gasteiger partial charge in [-0.15, -0.1) is 0 Å². The largest absolute Gasteiger partial charge is 0.462 e. The molecule has 1 aromatic rings. The SMILES string of the molecule is O=Cc1ccco1.[Si]. The van der Waals surface area contributed by atoms with Gasteiger partial charge >= 0.3 is 0 Å². The summed E-state index contributed by atoms with van der Waals surface area (Å²) in [6, 6.07) is 3.27. The maximum Gasteiger partial charge on any atom is 0.185 e. The highest BCUT2D eigenvalue weighted by Crippen LogP contribution is 1.92. The lowest BCUT2D eigenvalue weighted by molar-refractivity contribution is 0.110. The molecule has 0 aliphatic rings. The molecule has 0 spiro atoms. The lowest BCUT2D eigenvalue weighted by Gasteiger charge is -1.68. The molecule has 0 unspecified atom stereocenters. The first-order chi connectivity index (χ1) is 3.43. The molecule has 1 heterocycles. The topological polar surface area (TPSA) is 30.2 Å². The molecule has 0 aliphatic heterocycles. The van der Waals surface area contributed by atoms with Crippen molar-refractivity contribution in [3.63, 3.8) is 0 Å². The van der Waals surface area contributed by atoms with E-state index in [1.807, 2.05) is 0 Å². The molecular formula is C5H4O2Si. The fraction of sp³-hybridized carbons (Fsp3) is 0. The maximum absolute atomic E-state index is 9.77. The maximum atomic E-state index is 9.77. The average Bonchev–Trinajstić information content (AvgIpc) is 2.14. The quantitative estimate of drug-likeness (QED) is 0.407. The van der Waals surface area contributed by atoms with Gasteiger partial charge in [0.25, 0.3) is 0 Å². The van der Waals surface area contributed by atoms with E-state index >= 15 is 0 Å². The molecule has 0 atom stereocenters. The summed E-state index contributed by atoms with van der Waals surface area (Å²) in [5, 5.41) is 0. The van der Waals surface area contributed by atoms with Crippen molar-refractivity contribution in [2.75, 3.05) is 0 Å². The molecule has 0 saturated heterocycles. The number of furan rings is 1. The van der Waals surface area contributed by atoms with Gasteiger partial charge in [0, 0.05) is 11.0 Å². The van der Waals surface area contributed by atoms with Crippen molar-refractivity contribution < 1.29 is 9.21 Å². The first kappa shape index (κ1) is 7.17. The summed E-state index contributed by atoms with van der Waals surface area (Å²) in [4.78, 5) is 9.77. The van der Waals surface area contributed by atoms with E-state index in [4.69, 9.17) is 0 Å². The lowest BCUT2D eigenvalue weighted by Crippen LogP contribution is -1.65.